The molecule has 0 radical (unpaired) electrons. The Morgan fingerprint density at radius 2 is 1.81 bits per heavy atom. The molecular formula is C21H17F3N4O3. The number of aliphatic carboxylic acids is 1. The molecule has 0 bridgehead atoms. The van der Waals surface area contributed by atoms with Crippen LogP contribution in [0.3, 0.4) is 0 Å². The van der Waals surface area contributed by atoms with Gasteiger partial charge in [-0.15, -0.1) is 0 Å². The van der Waals surface area contributed by atoms with Crippen LogP contribution in [0.15, 0.2) is 59.6 Å². The van der Waals surface area contributed by atoms with Crippen LogP contribution >= 0.6 is 0 Å². The fourth-order valence-electron chi connectivity index (χ4n) is 2.90. The lowest BCUT2D eigenvalue weighted by molar-refractivity contribution is -0.132. The molecule has 3 rings (SSSR count). The van der Waals surface area contributed by atoms with Crippen molar-refractivity contribution in [2.45, 2.75) is 19.9 Å². The van der Waals surface area contributed by atoms with Crippen LogP contribution in [0.4, 0.5) is 18.9 Å². The normalized spacial score (nSPS) is 12.6. The standard InChI is InChI=1S/C21H17F3N4O3/c1-2-17(27-18-6-4-3-5-12(18)9-28-11-25-10-26-28)19(21(30)31)20(29)13-7-15(23)16(24)8-14(13)22/h3-8,10-11,29H,2,9H2,1H3,(H,30,31). The minimum atomic E-state index is -1.60. The lowest BCUT2D eigenvalue weighted by Crippen LogP contribution is -2.15. The van der Waals surface area contributed by atoms with E-state index in [1.54, 1.807) is 35.9 Å². The number of hydrogen-bond acceptors (Lipinski definition) is 5. The second-order valence-electron chi connectivity index (χ2n) is 6.41. The Hall–Kier alpha value is -3.95. The molecule has 0 spiro atoms. The third-order valence-electron chi connectivity index (χ3n) is 4.39. The fourth-order valence-corrected chi connectivity index (χ4v) is 2.90. The van der Waals surface area contributed by atoms with Crippen LogP contribution in [0.2, 0.25) is 0 Å². The van der Waals surface area contributed by atoms with Gasteiger partial charge in [-0.25, -0.2) is 27.6 Å². The van der Waals surface area contributed by atoms with Crippen LogP contribution in [0.5, 0.6) is 0 Å². The number of aromatic nitrogens is 3. The van der Waals surface area contributed by atoms with Crippen molar-refractivity contribution in [3.8, 4) is 0 Å². The molecule has 10 heteroatoms. The number of carboxylic acid groups (broad SMARTS) is 1. The number of benzene rings is 2. The number of para-hydroxylation sites is 1. The molecule has 1 aromatic heterocycles. The van der Waals surface area contributed by atoms with Gasteiger partial charge in [0.05, 0.1) is 23.5 Å². The molecule has 2 aromatic carbocycles. The summed E-state index contributed by atoms with van der Waals surface area (Å²) in [4.78, 5) is 20.1. The largest absolute Gasteiger partial charge is 0.506 e. The number of rotatable bonds is 7. The Kier molecular flexibility index (Phi) is 6.49. The number of hydrogen-bond donors (Lipinski definition) is 2. The number of carboxylic acids is 1. The van der Waals surface area contributed by atoms with Crippen molar-refractivity contribution in [1.82, 2.24) is 14.8 Å². The zero-order valence-electron chi connectivity index (χ0n) is 16.3. The van der Waals surface area contributed by atoms with Gasteiger partial charge < -0.3 is 10.2 Å². The number of aliphatic hydroxyl groups excluding tert-OH is 1. The van der Waals surface area contributed by atoms with Crippen molar-refractivity contribution >= 4 is 23.1 Å². The van der Waals surface area contributed by atoms with Crippen molar-refractivity contribution in [2.24, 2.45) is 4.99 Å². The highest BCUT2D eigenvalue weighted by Gasteiger charge is 2.24. The van der Waals surface area contributed by atoms with Crippen LogP contribution in [0, 0.1) is 17.5 Å². The first-order valence-corrected chi connectivity index (χ1v) is 9.11. The molecule has 7 nitrogen and oxygen atoms in total. The van der Waals surface area contributed by atoms with Gasteiger partial charge in [-0.3, -0.25) is 4.99 Å². The molecule has 0 saturated carbocycles. The third kappa shape index (κ3) is 4.80. The topological polar surface area (TPSA) is 101 Å². The molecule has 0 aliphatic rings. The number of nitrogens with zero attached hydrogens (tertiary/aromatic N) is 4. The van der Waals surface area contributed by atoms with Gasteiger partial charge in [0, 0.05) is 6.07 Å². The maximum absolute atomic E-state index is 14.1. The van der Waals surface area contributed by atoms with Crippen LogP contribution in [-0.4, -0.2) is 36.7 Å². The molecule has 0 fully saturated rings. The SMILES string of the molecule is CCC(=Nc1ccccc1Cn1cncn1)C(C(=O)O)=C(O)c1cc(F)c(F)cc1F. The van der Waals surface area contributed by atoms with E-state index in [1.807, 2.05) is 0 Å². The highest BCUT2D eigenvalue weighted by molar-refractivity contribution is 6.24. The van der Waals surface area contributed by atoms with Gasteiger partial charge in [0.25, 0.3) is 0 Å². The molecule has 1 heterocycles. The van der Waals surface area contributed by atoms with Gasteiger partial charge >= 0.3 is 5.97 Å². The van der Waals surface area contributed by atoms with Crippen molar-refractivity contribution in [3.05, 3.63) is 83.2 Å². The van der Waals surface area contributed by atoms with E-state index in [0.29, 0.717) is 23.9 Å². The van der Waals surface area contributed by atoms with E-state index in [2.05, 4.69) is 15.1 Å². The molecule has 0 amide bonds. The Morgan fingerprint density at radius 3 is 2.45 bits per heavy atom. The van der Waals surface area contributed by atoms with Crippen molar-refractivity contribution < 1.29 is 28.2 Å². The molecule has 0 unspecified atom stereocenters. The first-order chi connectivity index (χ1) is 14.8. The maximum Gasteiger partial charge on any atom is 0.341 e. The monoisotopic (exact) mass is 430 g/mol. The summed E-state index contributed by atoms with van der Waals surface area (Å²) in [6.07, 6.45) is 2.92. The smallest absolute Gasteiger partial charge is 0.341 e. The fraction of sp³-hybridized carbons (Fsp3) is 0.143. The first-order valence-electron chi connectivity index (χ1n) is 9.11. The average Bonchev–Trinajstić information content (AvgIpc) is 3.24. The number of carbonyl (C=O) groups is 1. The summed E-state index contributed by atoms with van der Waals surface area (Å²) < 4.78 is 42.5. The Balaban J connectivity index is 2.13. The predicted molar refractivity (Wildman–Crippen MR) is 106 cm³/mol. The van der Waals surface area contributed by atoms with E-state index in [0.717, 1.165) is 0 Å². The number of halogens is 3. The lowest BCUT2D eigenvalue weighted by atomic mass is 10.0. The minimum Gasteiger partial charge on any atom is -0.506 e. The molecule has 31 heavy (non-hydrogen) atoms. The summed E-state index contributed by atoms with van der Waals surface area (Å²) in [6, 6.07) is 7.48. The summed E-state index contributed by atoms with van der Waals surface area (Å²) in [5, 5.41) is 24.1. The predicted octanol–water partition coefficient (Wildman–Crippen LogP) is 4.28. The molecular weight excluding hydrogens is 413 g/mol. The zero-order valence-corrected chi connectivity index (χ0v) is 16.3. The summed E-state index contributed by atoms with van der Waals surface area (Å²) in [5.41, 5.74) is -0.508. The van der Waals surface area contributed by atoms with Gasteiger partial charge in [-0.05, 0) is 24.1 Å². The zero-order chi connectivity index (χ0) is 22.5. The van der Waals surface area contributed by atoms with E-state index >= 15 is 0 Å². The van der Waals surface area contributed by atoms with E-state index in [1.165, 1.54) is 12.7 Å². The molecule has 0 aliphatic heterocycles. The van der Waals surface area contributed by atoms with E-state index in [9.17, 15) is 28.2 Å². The summed E-state index contributed by atoms with van der Waals surface area (Å²) in [5.74, 6) is -6.86. The summed E-state index contributed by atoms with van der Waals surface area (Å²) >= 11 is 0. The highest BCUT2D eigenvalue weighted by atomic mass is 19.2. The van der Waals surface area contributed by atoms with Gasteiger partial charge in [0.2, 0.25) is 0 Å². The van der Waals surface area contributed by atoms with Gasteiger partial charge in [0.1, 0.15) is 29.8 Å². The molecule has 3 aromatic rings. The van der Waals surface area contributed by atoms with Crippen LogP contribution in [-0.2, 0) is 11.3 Å². The summed E-state index contributed by atoms with van der Waals surface area (Å²) in [6.45, 7) is 1.89. The van der Waals surface area contributed by atoms with E-state index < -0.39 is 40.3 Å². The second-order valence-corrected chi connectivity index (χ2v) is 6.41. The number of aliphatic imine (C=N–C) groups is 1. The quantitative estimate of drug-likeness (QED) is 0.252. The average molecular weight is 430 g/mol. The third-order valence-corrected chi connectivity index (χ3v) is 4.39. The molecule has 0 aliphatic carbocycles. The van der Waals surface area contributed by atoms with Gasteiger partial charge in [-0.1, -0.05) is 25.1 Å². The van der Waals surface area contributed by atoms with Gasteiger partial charge in [0.15, 0.2) is 11.6 Å². The minimum absolute atomic E-state index is 0.0502. The van der Waals surface area contributed by atoms with Crippen molar-refractivity contribution in [3.63, 3.8) is 0 Å². The number of aliphatic hydroxyl groups is 1. The molecule has 0 atom stereocenters. The highest BCUT2D eigenvalue weighted by Crippen LogP contribution is 2.27. The Morgan fingerprint density at radius 1 is 1.10 bits per heavy atom. The van der Waals surface area contributed by atoms with Crippen LogP contribution in [0.1, 0.15) is 24.5 Å². The van der Waals surface area contributed by atoms with Crippen LogP contribution in [0.25, 0.3) is 5.76 Å². The Labute approximate surface area is 174 Å². The Bertz CT molecular complexity index is 1170. The first kappa shape index (κ1) is 21.8. The second kappa shape index (κ2) is 9.24. The van der Waals surface area contributed by atoms with Crippen molar-refractivity contribution in [2.75, 3.05) is 0 Å². The molecule has 2 N–H and O–H groups in total. The molecule has 160 valence electrons. The van der Waals surface area contributed by atoms with Crippen LogP contribution < -0.4 is 0 Å². The summed E-state index contributed by atoms with van der Waals surface area (Å²) in [7, 11) is 0. The van der Waals surface area contributed by atoms with E-state index in [-0.39, 0.29) is 18.2 Å². The van der Waals surface area contributed by atoms with E-state index in [4.69, 9.17) is 0 Å². The van der Waals surface area contributed by atoms with Gasteiger partial charge in [-0.2, -0.15) is 5.10 Å². The maximum atomic E-state index is 14.1. The lowest BCUT2D eigenvalue weighted by Gasteiger charge is -2.12. The van der Waals surface area contributed by atoms with Crippen molar-refractivity contribution in [1.29, 1.82) is 0 Å². The molecule has 0 saturated heterocycles.